The predicted octanol–water partition coefficient (Wildman–Crippen LogP) is 1.94. The maximum absolute atomic E-state index is 12.0. The topological polar surface area (TPSA) is 75.3 Å². The van der Waals surface area contributed by atoms with Crippen LogP contribution in [0.5, 0.6) is 0 Å². The number of amides is 1. The van der Waals surface area contributed by atoms with Crippen LogP contribution in [-0.2, 0) is 14.8 Å². The molecular formula is C13H17ClN2O3S. The third-order valence-electron chi connectivity index (χ3n) is 3.01. The molecule has 20 heavy (non-hydrogen) atoms. The summed E-state index contributed by atoms with van der Waals surface area (Å²) in [5.41, 5.74) is 0.553. The molecule has 5 nitrogen and oxygen atoms in total. The van der Waals surface area contributed by atoms with Crippen LogP contribution in [0.2, 0.25) is 0 Å². The maximum atomic E-state index is 12.0. The van der Waals surface area contributed by atoms with E-state index in [1.807, 2.05) is 0 Å². The van der Waals surface area contributed by atoms with Gasteiger partial charge in [0.15, 0.2) is 0 Å². The van der Waals surface area contributed by atoms with Crippen molar-refractivity contribution in [3.8, 4) is 0 Å². The number of sulfonamides is 1. The number of rotatable bonds is 6. The second-order valence-corrected chi connectivity index (χ2v) is 6.99. The fraction of sp³-hybridized carbons (Fsp3) is 0.462. The lowest BCUT2D eigenvalue weighted by atomic mass is 10.2. The quantitative estimate of drug-likeness (QED) is 0.788. The van der Waals surface area contributed by atoms with Crippen LogP contribution in [-0.4, -0.2) is 26.2 Å². The monoisotopic (exact) mass is 316 g/mol. The van der Waals surface area contributed by atoms with E-state index in [9.17, 15) is 13.2 Å². The van der Waals surface area contributed by atoms with Crippen molar-refractivity contribution in [2.24, 2.45) is 5.92 Å². The van der Waals surface area contributed by atoms with Gasteiger partial charge in [-0.2, -0.15) is 0 Å². The smallest absolute Gasteiger partial charge is 0.240 e. The molecule has 1 atom stereocenters. The summed E-state index contributed by atoms with van der Waals surface area (Å²) >= 11 is 5.60. The van der Waals surface area contributed by atoms with Gasteiger partial charge < -0.3 is 5.32 Å². The first-order valence-corrected chi connectivity index (χ1v) is 8.43. The summed E-state index contributed by atoms with van der Waals surface area (Å²) in [5, 5.41) is 2.69. The average molecular weight is 317 g/mol. The summed E-state index contributed by atoms with van der Waals surface area (Å²) in [6.07, 6.45) is 1.79. The van der Waals surface area contributed by atoms with Crippen LogP contribution in [0.25, 0.3) is 0 Å². The lowest BCUT2D eigenvalue weighted by Gasteiger charge is -2.10. The fourth-order valence-corrected chi connectivity index (χ4v) is 2.99. The van der Waals surface area contributed by atoms with Crippen LogP contribution in [0.4, 0.5) is 5.69 Å². The van der Waals surface area contributed by atoms with E-state index in [1.165, 1.54) is 12.1 Å². The lowest BCUT2D eigenvalue weighted by Crippen LogP contribution is -2.25. The van der Waals surface area contributed by atoms with Gasteiger partial charge in [-0.1, -0.05) is 6.92 Å². The Hall–Kier alpha value is -1.11. The fourth-order valence-electron chi connectivity index (χ4n) is 1.54. The van der Waals surface area contributed by atoms with E-state index < -0.39 is 10.0 Å². The van der Waals surface area contributed by atoms with E-state index in [4.69, 9.17) is 11.6 Å². The molecule has 0 spiro atoms. The standard InChI is InChI=1S/C13H17ClN2O3S/c1-9(8-14)13(17)15-10-4-6-12(7-5-10)20(18,19)16-11-2-3-11/h4-7,9,11,16H,2-3,8H2,1H3,(H,15,17). The van der Waals surface area contributed by atoms with Crippen molar-refractivity contribution in [1.29, 1.82) is 0 Å². The third-order valence-corrected chi connectivity index (χ3v) is 5.01. The Morgan fingerprint density at radius 3 is 2.45 bits per heavy atom. The number of hydrogen-bond donors (Lipinski definition) is 2. The molecule has 1 unspecified atom stereocenters. The Labute approximate surface area is 123 Å². The van der Waals surface area contributed by atoms with Crippen molar-refractivity contribution in [3.63, 3.8) is 0 Å². The van der Waals surface area contributed by atoms with Crippen LogP contribution in [0.15, 0.2) is 29.2 Å². The first-order valence-electron chi connectivity index (χ1n) is 6.41. The number of alkyl halides is 1. The zero-order chi connectivity index (χ0) is 14.8. The Morgan fingerprint density at radius 1 is 1.35 bits per heavy atom. The van der Waals surface area contributed by atoms with Gasteiger partial charge in [0.25, 0.3) is 0 Å². The van der Waals surface area contributed by atoms with Crippen LogP contribution in [0.1, 0.15) is 19.8 Å². The molecule has 1 aromatic carbocycles. The number of anilines is 1. The van der Waals surface area contributed by atoms with E-state index in [2.05, 4.69) is 10.0 Å². The largest absolute Gasteiger partial charge is 0.326 e. The summed E-state index contributed by atoms with van der Waals surface area (Å²) in [4.78, 5) is 11.9. The molecule has 7 heteroatoms. The highest BCUT2D eigenvalue weighted by Crippen LogP contribution is 2.22. The van der Waals surface area contributed by atoms with Crippen molar-refractivity contribution in [2.45, 2.75) is 30.7 Å². The van der Waals surface area contributed by atoms with Gasteiger partial charge in [-0.25, -0.2) is 13.1 Å². The summed E-state index contributed by atoms with van der Waals surface area (Å²) < 4.78 is 26.5. The highest BCUT2D eigenvalue weighted by Gasteiger charge is 2.27. The van der Waals surface area contributed by atoms with E-state index in [0.29, 0.717) is 5.69 Å². The van der Waals surface area contributed by atoms with Crippen LogP contribution in [0.3, 0.4) is 0 Å². The molecule has 0 aliphatic heterocycles. The van der Waals surface area contributed by atoms with Gasteiger partial charge in [0.1, 0.15) is 0 Å². The molecule has 2 rings (SSSR count). The zero-order valence-corrected chi connectivity index (χ0v) is 12.7. The molecule has 0 heterocycles. The van der Waals surface area contributed by atoms with Gasteiger partial charge in [-0.3, -0.25) is 4.79 Å². The number of halogens is 1. The molecule has 1 saturated carbocycles. The van der Waals surface area contributed by atoms with Gasteiger partial charge in [0.2, 0.25) is 15.9 Å². The van der Waals surface area contributed by atoms with Crippen molar-refractivity contribution < 1.29 is 13.2 Å². The van der Waals surface area contributed by atoms with Crippen molar-refractivity contribution in [1.82, 2.24) is 4.72 Å². The molecule has 0 radical (unpaired) electrons. The highest BCUT2D eigenvalue weighted by atomic mass is 35.5. The summed E-state index contributed by atoms with van der Waals surface area (Å²) in [6, 6.07) is 6.17. The second kappa shape index (κ2) is 6.11. The molecule has 0 bridgehead atoms. The molecule has 2 N–H and O–H groups in total. The number of nitrogens with one attached hydrogen (secondary N) is 2. The van der Waals surface area contributed by atoms with Gasteiger partial charge in [-0.05, 0) is 37.1 Å². The molecule has 1 aromatic rings. The molecule has 110 valence electrons. The Kier molecular flexibility index (Phi) is 4.67. The van der Waals surface area contributed by atoms with Gasteiger partial charge in [-0.15, -0.1) is 11.6 Å². The highest BCUT2D eigenvalue weighted by molar-refractivity contribution is 7.89. The SMILES string of the molecule is CC(CCl)C(=O)Nc1ccc(S(=O)(=O)NC2CC2)cc1. The van der Waals surface area contributed by atoms with Gasteiger partial charge in [0, 0.05) is 23.5 Å². The molecule has 0 aromatic heterocycles. The molecule has 1 fully saturated rings. The molecule has 0 saturated heterocycles. The van der Waals surface area contributed by atoms with E-state index in [1.54, 1.807) is 19.1 Å². The normalized spacial score (nSPS) is 16.7. The van der Waals surface area contributed by atoms with E-state index in [0.717, 1.165) is 12.8 Å². The van der Waals surface area contributed by atoms with Crippen LogP contribution >= 0.6 is 11.6 Å². The molecular weight excluding hydrogens is 300 g/mol. The summed E-state index contributed by atoms with van der Waals surface area (Å²) in [7, 11) is -3.45. The molecule has 1 aliphatic carbocycles. The van der Waals surface area contributed by atoms with Crippen molar-refractivity contribution in [2.75, 3.05) is 11.2 Å². The zero-order valence-electron chi connectivity index (χ0n) is 11.1. The third kappa shape index (κ3) is 3.94. The molecule has 1 amide bonds. The first kappa shape index (κ1) is 15.3. The Morgan fingerprint density at radius 2 is 1.95 bits per heavy atom. The first-order chi connectivity index (χ1) is 9.42. The summed E-state index contributed by atoms with van der Waals surface area (Å²) in [5.74, 6) is -0.243. The number of benzene rings is 1. The molecule has 1 aliphatic rings. The number of carbonyl (C=O) groups is 1. The Balaban J connectivity index is 2.04. The number of carbonyl (C=O) groups excluding carboxylic acids is 1. The van der Waals surface area contributed by atoms with E-state index >= 15 is 0 Å². The van der Waals surface area contributed by atoms with Crippen molar-refractivity contribution in [3.05, 3.63) is 24.3 Å². The average Bonchev–Trinajstić information content (AvgIpc) is 3.21. The minimum absolute atomic E-state index is 0.0731. The summed E-state index contributed by atoms with van der Waals surface area (Å²) in [6.45, 7) is 1.72. The predicted molar refractivity (Wildman–Crippen MR) is 78.3 cm³/mol. The van der Waals surface area contributed by atoms with Crippen molar-refractivity contribution >= 4 is 33.2 Å². The minimum Gasteiger partial charge on any atom is -0.326 e. The van der Waals surface area contributed by atoms with Crippen LogP contribution < -0.4 is 10.0 Å². The van der Waals surface area contributed by atoms with E-state index in [-0.39, 0.29) is 28.6 Å². The van der Waals surface area contributed by atoms with Gasteiger partial charge >= 0.3 is 0 Å². The number of hydrogen-bond acceptors (Lipinski definition) is 3. The maximum Gasteiger partial charge on any atom is 0.240 e. The van der Waals surface area contributed by atoms with Gasteiger partial charge in [0.05, 0.1) is 4.90 Å². The second-order valence-electron chi connectivity index (χ2n) is 4.96. The lowest BCUT2D eigenvalue weighted by molar-refractivity contribution is -0.118. The minimum atomic E-state index is -3.45. The van der Waals surface area contributed by atoms with Crippen LogP contribution in [0, 0.1) is 5.92 Å². The Bertz CT molecular complexity index is 582.